The number of halogens is 5. The third-order valence-electron chi connectivity index (χ3n) is 9.17. The van der Waals surface area contributed by atoms with Gasteiger partial charge in [-0.15, -0.1) is 5.10 Å². The molecule has 7 rings (SSSR count). The summed E-state index contributed by atoms with van der Waals surface area (Å²) >= 11 is 0. The molecular formula is C32H30F5N9O6. The quantitative estimate of drug-likeness (QED) is 0.256. The highest BCUT2D eigenvalue weighted by atomic mass is 19.4. The highest BCUT2D eigenvalue weighted by Gasteiger charge is 2.63. The van der Waals surface area contributed by atoms with E-state index in [1.54, 1.807) is 30.0 Å². The van der Waals surface area contributed by atoms with Crippen LogP contribution in [-0.4, -0.2) is 96.0 Å². The highest BCUT2D eigenvalue weighted by Crippen LogP contribution is 2.47. The first-order valence-corrected chi connectivity index (χ1v) is 16.1. The fourth-order valence-corrected chi connectivity index (χ4v) is 6.34. The van der Waals surface area contributed by atoms with Crippen molar-refractivity contribution in [2.24, 2.45) is 5.92 Å². The first-order valence-electron chi connectivity index (χ1n) is 16.1. The van der Waals surface area contributed by atoms with Crippen LogP contribution >= 0.6 is 0 Å². The van der Waals surface area contributed by atoms with Gasteiger partial charge in [0.15, 0.2) is 28.8 Å². The molecule has 15 nitrogen and oxygen atoms in total. The van der Waals surface area contributed by atoms with Gasteiger partial charge >= 0.3 is 12.1 Å². The molecule has 0 spiro atoms. The van der Waals surface area contributed by atoms with Crippen LogP contribution in [0.4, 0.5) is 27.6 Å². The molecule has 0 saturated carbocycles. The van der Waals surface area contributed by atoms with E-state index in [0.29, 0.717) is 28.8 Å². The lowest BCUT2D eigenvalue weighted by molar-refractivity contribution is -0.298. The summed E-state index contributed by atoms with van der Waals surface area (Å²) in [6.07, 6.45) is -4.38. The van der Waals surface area contributed by atoms with Gasteiger partial charge in [-0.3, -0.25) is 14.4 Å². The summed E-state index contributed by atoms with van der Waals surface area (Å²) in [5.41, 5.74) is 0.431. The average molecular weight is 732 g/mol. The van der Waals surface area contributed by atoms with Crippen molar-refractivity contribution in [1.82, 2.24) is 39.3 Å². The third kappa shape index (κ3) is 5.90. The molecule has 1 saturated heterocycles. The van der Waals surface area contributed by atoms with E-state index in [1.165, 1.54) is 22.7 Å². The number of amides is 2. The number of ether oxygens (including phenoxy) is 2. The Balaban J connectivity index is 1.22. The van der Waals surface area contributed by atoms with Crippen LogP contribution in [0.2, 0.25) is 0 Å². The molecule has 1 aliphatic carbocycles. The first-order chi connectivity index (χ1) is 24.7. The lowest BCUT2D eigenvalue weighted by Crippen LogP contribution is -2.51. The minimum Gasteiger partial charge on any atom is -0.504 e. The van der Waals surface area contributed by atoms with Crippen molar-refractivity contribution in [3.63, 3.8) is 0 Å². The van der Waals surface area contributed by atoms with Gasteiger partial charge in [-0.05, 0) is 38.0 Å². The van der Waals surface area contributed by atoms with Crippen molar-refractivity contribution in [1.29, 1.82) is 0 Å². The monoisotopic (exact) mass is 731 g/mol. The Kier molecular flexibility index (Phi) is 8.49. The lowest BCUT2D eigenvalue weighted by Gasteiger charge is -2.36. The summed E-state index contributed by atoms with van der Waals surface area (Å²) in [6.45, 7) is 3.42. The normalized spacial score (nSPS) is 17.3. The van der Waals surface area contributed by atoms with Gasteiger partial charge in [0, 0.05) is 37.4 Å². The number of nitrogens with one attached hydrogen (secondary N) is 1. The second-order valence-corrected chi connectivity index (χ2v) is 12.4. The fraction of sp³-hybridized carbons (Fsp3) is 0.406. The second-order valence-electron chi connectivity index (χ2n) is 12.4. The van der Waals surface area contributed by atoms with E-state index in [-0.39, 0.29) is 79.5 Å². The van der Waals surface area contributed by atoms with E-state index >= 15 is 0 Å². The Bertz CT molecular complexity index is 2190. The average Bonchev–Trinajstić information content (AvgIpc) is 3.75. The van der Waals surface area contributed by atoms with Gasteiger partial charge in [0.05, 0.1) is 17.3 Å². The molecule has 0 bridgehead atoms. The SMILES string of the molecule is CCc1c(N2CCN(C(=O)c3ncnc(C)c3O)CC2)c(=O)n2nc(-c3ccc4c(c3)OCO4)nc2n1CC(=O)NC1=CC(C(F)(F)C(F)(F)F)C1. The predicted octanol–water partition coefficient (Wildman–Crippen LogP) is 2.83. The molecule has 1 unspecified atom stereocenters. The molecule has 3 aromatic heterocycles. The highest BCUT2D eigenvalue weighted by molar-refractivity contribution is 5.95. The molecule has 2 aliphatic heterocycles. The Hall–Kier alpha value is -5.82. The number of fused-ring (bicyclic) bond motifs is 2. The minimum absolute atomic E-state index is 0.0180. The number of carbonyl (C=O) groups excluding carboxylic acids is 2. The van der Waals surface area contributed by atoms with Crippen molar-refractivity contribution in [2.75, 3.05) is 37.9 Å². The Morgan fingerprint density at radius 3 is 2.46 bits per heavy atom. The van der Waals surface area contributed by atoms with E-state index in [4.69, 9.17) is 9.47 Å². The Labute approximate surface area is 290 Å². The number of nitrogens with zero attached hydrogens (tertiary/aromatic N) is 8. The molecule has 52 heavy (non-hydrogen) atoms. The number of rotatable bonds is 8. The molecule has 1 fully saturated rings. The van der Waals surface area contributed by atoms with Gasteiger partial charge in [-0.2, -0.15) is 31.5 Å². The maximum atomic E-state index is 14.2. The minimum atomic E-state index is -5.74. The summed E-state index contributed by atoms with van der Waals surface area (Å²) in [7, 11) is 0. The molecule has 1 aromatic carbocycles. The zero-order chi connectivity index (χ0) is 37.1. The van der Waals surface area contributed by atoms with Crippen LogP contribution in [-0.2, 0) is 17.8 Å². The first kappa shape index (κ1) is 34.6. The molecule has 20 heteroatoms. The molecule has 2 N–H and O–H groups in total. The van der Waals surface area contributed by atoms with Crippen molar-refractivity contribution in [2.45, 2.75) is 45.3 Å². The molecule has 4 aromatic rings. The van der Waals surface area contributed by atoms with Crippen LogP contribution in [0, 0.1) is 12.8 Å². The van der Waals surface area contributed by atoms with Gasteiger partial charge in [-0.1, -0.05) is 13.0 Å². The van der Waals surface area contributed by atoms with Crippen molar-refractivity contribution in [3.05, 3.63) is 63.7 Å². The van der Waals surface area contributed by atoms with E-state index in [9.17, 15) is 41.4 Å². The largest absolute Gasteiger partial charge is 0.504 e. The number of anilines is 1. The molecule has 274 valence electrons. The summed E-state index contributed by atoms with van der Waals surface area (Å²) in [5, 5.41) is 17.2. The topological polar surface area (TPSA) is 169 Å². The Morgan fingerprint density at radius 2 is 1.77 bits per heavy atom. The van der Waals surface area contributed by atoms with Gasteiger partial charge in [0.1, 0.15) is 18.6 Å². The second kappa shape index (κ2) is 12.7. The number of aromatic hydroxyl groups is 1. The van der Waals surface area contributed by atoms with Crippen LogP contribution in [0.25, 0.3) is 17.2 Å². The van der Waals surface area contributed by atoms with Crippen LogP contribution < -0.4 is 25.2 Å². The van der Waals surface area contributed by atoms with Crippen molar-refractivity contribution < 1.29 is 46.1 Å². The zero-order valence-corrected chi connectivity index (χ0v) is 27.6. The number of allylic oxidation sites excluding steroid dienone is 2. The predicted molar refractivity (Wildman–Crippen MR) is 170 cm³/mol. The van der Waals surface area contributed by atoms with Crippen LogP contribution in [0.1, 0.15) is 35.2 Å². The van der Waals surface area contributed by atoms with Crippen molar-refractivity contribution >= 4 is 23.3 Å². The number of benzene rings is 1. The molecule has 2 amide bonds. The number of piperazine rings is 1. The number of hydrogen-bond acceptors (Lipinski definition) is 11. The van der Waals surface area contributed by atoms with E-state index in [0.717, 1.165) is 4.52 Å². The third-order valence-corrected chi connectivity index (χ3v) is 9.17. The summed E-state index contributed by atoms with van der Waals surface area (Å²) in [5.74, 6) is -7.66. The standard InChI is InChI=1S/C32H30F5N9O6/c1-3-20-25(43-6-8-44(9-7-43)28(49)24-26(48)16(2)38-14-39-24)29(50)46-30(41-27(42-46)17-4-5-21-22(10-17)52-15-51-21)45(20)13-23(47)40-19-11-18(12-19)31(33,34)32(35,36)37/h4-5,10-11,14,18,48H,3,6-9,12-13,15H2,1-2H3,(H,40,47). The number of carbonyl (C=O) groups is 2. The van der Waals surface area contributed by atoms with Crippen molar-refractivity contribution in [3.8, 4) is 28.6 Å². The maximum absolute atomic E-state index is 14.2. The van der Waals surface area contributed by atoms with Gasteiger partial charge in [0.25, 0.3) is 11.5 Å². The molecule has 5 heterocycles. The van der Waals surface area contributed by atoms with Crippen LogP contribution in [0.15, 0.2) is 41.1 Å². The van der Waals surface area contributed by atoms with Gasteiger partial charge in [0.2, 0.25) is 18.5 Å². The van der Waals surface area contributed by atoms with E-state index in [2.05, 4.69) is 25.4 Å². The van der Waals surface area contributed by atoms with E-state index in [1.807, 2.05) is 0 Å². The smallest absolute Gasteiger partial charge is 0.453 e. The molecule has 3 aliphatic rings. The Morgan fingerprint density at radius 1 is 1.06 bits per heavy atom. The number of aryl methyl sites for hydroxylation is 1. The van der Waals surface area contributed by atoms with Crippen LogP contribution in [0.3, 0.4) is 0 Å². The van der Waals surface area contributed by atoms with Gasteiger partial charge < -0.3 is 34.3 Å². The van der Waals surface area contributed by atoms with Gasteiger partial charge in [-0.25, -0.2) is 9.97 Å². The number of aromatic nitrogens is 6. The summed E-state index contributed by atoms with van der Waals surface area (Å²) in [6, 6.07) is 4.94. The maximum Gasteiger partial charge on any atom is 0.453 e. The zero-order valence-electron chi connectivity index (χ0n) is 27.6. The molecule has 1 atom stereocenters. The van der Waals surface area contributed by atoms with Crippen LogP contribution in [0.5, 0.6) is 17.2 Å². The molecular weight excluding hydrogens is 701 g/mol. The number of hydrogen-bond donors (Lipinski definition) is 2. The van der Waals surface area contributed by atoms with E-state index < -0.39 is 48.4 Å². The summed E-state index contributed by atoms with van der Waals surface area (Å²) in [4.78, 5) is 56.3. The molecule has 0 radical (unpaired) electrons. The summed E-state index contributed by atoms with van der Waals surface area (Å²) < 4.78 is 79.4. The number of alkyl halides is 5. The lowest BCUT2D eigenvalue weighted by atomic mass is 9.85. The fourth-order valence-electron chi connectivity index (χ4n) is 6.34.